The van der Waals surface area contributed by atoms with E-state index >= 15 is 0 Å². The highest BCUT2D eigenvalue weighted by Crippen LogP contribution is 2.24. The lowest BCUT2D eigenvalue weighted by Gasteiger charge is -2.25. The predicted octanol–water partition coefficient (Wildman–Crippen LogP) is 1.97. The van der Waals surface area contributed by atoms with E-state index in [4.69, 9.17) is 22.1 Å². The van der Waals surface area contributed by atoms with Crippen LogP contribution < -0.4 is 11.1 Å². The van der Waals surface area contributed by atoms with E-state index in [-0.39, 0.29) is 18.1 Å². The van der Waals surface area contributed by atoms with Crippen LogP contribution in [0.5, 0.6) is 0 Å². The molecule has 1 amide bonds. The molecule has 0 spiro atoms. The van der Waals surface area contributed by atoms with Crippen molar-refractivity contribution in [1.29, 1.82) is 0 Å². The lowest BCUT2D eigenvalue weighted by Crippen LogP contribution is -2.41. The van der Waals surface area contributed by atoms with E-state index in [1.165, 1.54) is 0 Å². The number of nitrogens with zero attached hydrogens (tertiary/aromatic N) is 1. The maximum absolute atomic E-state index is 12.1. The number of hydrogen-bond acceptors (Lipinski definition) is 4. The average Bonchev–Trinajstić information content (AvgIpc) is 2.80. The van der Waals surface area contributed by atoms with Crippen molar-refractivity contribution in [1.82, 2.24) is 4.90 Å². The third-order valence-corrected chi connectivity index (χ3v) is 3.89. The number of halogens is 1. The zero-order chi connectivity index (χ0) is 14.7. The minimum atomic E-state index is -0.112. The standard InChI is InChI=1S/C14H20ClN3O2/c1-9-13(5-6-20-9)18(2)8-14(19)17-12-7-10(16)3-4-11(12)15/h3-4,7,9,13H,5-6,8,16H2,1-2H3,(H,17,19). The van der Waals surface area contributed by atoms with E-state index in [9.17, 15) is 4.79 Å². The maximum Gasteiger partial charge on any atom is 0.238 e. The number of nitrogens with two attached hydrogens (primary N) is 1. The van der Waals surface area contributed by atoms with Crippen LogP contribution in [0.2, 0.25) is 5.02 Å². The number of rotatable bonds is 4. The first-order valence-corrected chi connectivity index (χ1v) is 7.02. The van der Waals surface area contributed by atoms with Crippen molar-refractivity contribution in [2.75, 3.05) is 31.2 Å². The number of nitrogens with one attached hydrogen (secondary N) is 1. The number of nitrogen functional groups attached to an aromatic ring is 1. The van der Waals surface area contributed by atoms with Gasteiger partial charge in [0.1, 0.15) is 0 Å². The summed E-state index contributed by atoms with van der Waals surface area (Å²) in [7, 11) is 1.93. The molecule has 5 nitrogen and oxygen atoms in total. The van der Waals surface area contributed by atoms with Gasteiger partial charge in [0, 0.05) is 18.3 Å². The monoisotopic (exact) mass is 297 g/mol. The minimum Gasteiger partial charge on any atom is -0.399 e. The van der Waals surface area contributed by atoms with Gasteiger partial charge >= 0.3 is 0 Å². The van der Waals surface area contributed by atoms with Gasteiger partial charge in [-0.1, -0.05) is 11.6 Å². The summed E-state index contributed by atoms with van der Waals surface area (Å²) in [5, 5.41) is 3.27. The summed E-state index contributed by atoms with van der Waals surface area (Å²) < 4.78 is 5.51. The van der Waals surface area contributed by atoms with Gasteiger partial charge in [0.05, 0.1) is 23.4 Å². The summed E-state index contributed by atoms with van der Waals surface area (Å²) in [6.45, 7) is 3.07. The van der Waals surface area contributed by atoms with E-state index < -0.39 is 0 Å². The van der Waals surface area contributed by atoms with Crippen LogP contribution in [0.3, 0.4) is 0 Å². The molecular formula is C14H20ClN3O2. The molecule has 2 atom stereocenters. The second-order valence-electron chi connectivity index (χ2n) is 5.13. The van der Waals surface area contributed by atoms with Gasteiger partial charge in [-0.3, -0.25) is 9.69 Å². The zero-order valence-electron chi connectivity index (χ0n) is 11.7. The molecular weight excluding hydrogens is 278 g/mol. The first-order valence-electron chi connectivity index (χ1n) is 6.64. The molecule has 20 heavy (non-hydrogen) atoms. The number of amides is 1. The van der Waals surface area contributed by atoms with Crippen LogP contribution in [-0.2, 0) is 9.53 Å². The average molecular weight is 298 g/mol. The Hall–Kier alpha value is -1.30. The van der Waals surface area contributed by atoms with E-state index in [0.29, 0.717) is 22.9 Å². The highest BCUT2D eigenvalue weighted by Gasteiger charge is 2.28. The van der Waals surface area contributed by atoms with E-state index in [1.807, 2.05) is 18.9 Å². The van der Waals surface area contributed by atoms with Crippen molar-refractivity contribution < 1.29 is 9.53 Å². The molecule has 1 heterocycles. The molecule has 0 radical (unpaired) electrons. The van der Waals surface area contributed by atoms with Crippen LogP contribution >= 0.6 is 11.6 Å². The summed E-state index contributed by atoms with van der Waals surface area (Å²) in [6.07, 6.45) is 1.10. The number of benzene rings is 1. The number of carbonyl (C=O) groups is 1. The lowest BCUT2D eigenvalue weighted by atomic mass is 10.1. The van der Waals surface area contributed by atoms with Gasteiger partial charge in [-0.15, -0.1) is 0 Å². The van der Waals surface area contributed by atoms with Crippen molar-refractivity contribution >= 4 is 28.9 Å². The van der Waals surface area contributed by atoms with Crippen molar-refractivity contribution in [2.45, 2.75) is 25.5 Å². The van der Waals surface area contributed by atoms with Gasteiger partial charge in [-0.2, -0.15) is 0 Å². The Morgan fingerprint density at radius 2 is 2.35 bits per heavy atom. The largest absolute Gasteiger partial charge is 0.399 e. The molecule has 2 unspecified atom stereocenters. The van der Waals surface area contributed by atoms with Crippen molar-refractivity contribution in [3.05, 3.63) is 23.2 Å². The molecule has 1 fully saturated rings. The van der Waals surface area contributed by atoms with Crippen molar-refractivity contribution in [2.24, 2.45) is 0 Å². The van der Waals surface area contributed by atoms with Gasteiger partial charge in [-0.05, 0) is 38.6 Å². The minimum absolute atomic E-state index is 0.112. The SMILES string of the molecule is CC1OCCC1N(C)CC(=O)Nc1cc(N)ccc1Cl. The van der Waals surface area contributed by atoms with E-state index in [2.05, 4.69) is 5.32 Å². The van der Waals surface area contributed by atoms with Crippen LogP contribution in [0.15, 0.2) is 18.2 Å². The molecule has 2 rings (SSSR count). The highest BCUT2D eigenvalue weighted by atomic mass is 35.5. The number of likely N-dealkylation sites (N-methyl/N-ethyl adjacent to an activating group) is 1. The number of ether oxygens (including phenoxy) is 1. The van der Waals surface area contributed by atoms with Crippen LogP contribution in [0, 0.1) is 0 Å². The summed E-state index contributed by atoms with van der Waals surface area (Å²) in [4.78, 5) is 14.1. The molecule has 1 aliphatic heterocycles. The number of hydrogen-bond donors (Lipinski definition) is 2. The molecule has 6 heteroatoms. The third-order valence-electron chi connectivity index (χ3n) is 3.56. The Kier molecular flexibility index (Phi) is 4.86. The van der Waals surface area contributed by atoms with Gasteiger partial charge in [0.2, 0.25) is 5.91 Å². The number of anilines is 2. The normalized spacial score (nSPS) is 22.2. The molecule has 1 aromatic rings. The Morgan fingerprint density at radius 1 is 1.60 bits per heavy atom. The first kappa shape index (κ1) is 15.1. The fourth-order valence-electron chi connectivity index (χ4n) is 2.47. The molecule has 1 aromatic carbocycles. The summed E-state index contributed by atoms with van der Waals surface area (Å²) in [5.41, 5.74) is 6.79. The Bertz CT molecular complexity index is 495. The Labute approximate surface area is 124 Å². The maximum atomic E-state index is 12.1. The lowest BCUT2D eigenvalue weighted by molar-refractivity contribution is -0.117. The van der Waals surface area contributed by atoms with E-state index in [0.717, 1.165) is 13.0 Å². The van der Waals surface area contributed by atoms with Crippen LogP contribution in [0.25, 0.3) is 0 Å². The van der Waals surface area contributed by atoms with Crippen LogP contribution in [-0.4, -0.2) is 43.2 Å². The molecule has 110 valence electrons. The van der Waals surface area contributed by atoms with E-state index in [1.54, 1.807) is 18.2 Å². The van der Waals surface area contributed by atoms with Crippen molar-refractivity contribution in [3.8, 4) is 0 Å². The van der Waals surface area contributed by atoms with Gasteiger partial charge < -0.3 is 15.8 Å². The molecule has 0 aromatic heterocycles. The molecule has 3 N–H and O–H groups in total. The first-order chi connectivity index (χ1) is 9.47. The summed E-state index contributed by atoms with van der Waals surface area (Å²) in [5.74, 6) is -0.112. The molecule has 0 bridgehead atoms. The van der Waals surface area contributed by atoms with Crippen LogP contribution in [0.1, 0.15) is 13.3 Å². The Balaban J connectivity index is 1.93. The summed E-state index contributed by atoms with van der Waals surface area (Å²) >= 11 is 6.02. The zero-order valence-corrected chi connectivity index (χ0v) is 12.5. The summed E-state index contributed by atoms with van der Waals surface area (Å²) in [6, 6.07) is 5.30. The second kappa shape index (κ2) is 6.43. The fourth-order valence-corrected chi connectivity index (χ4v) is 2.64. The van der Waals surface area contributed by atoms with Crippen molar-refractivity contribution in [3.63, 3.8) is 0 Å². The fraction of sp³-hybridized carbons (Fsp3) is 0.500. The topological polar surface area (TPSA) is 67.6 Å². The number of carbonyl (C=O) groups excluding carboxylic acids is 1. The molecule has 1 saturated heterocycles. The van der Waals surface area contributed by atoms with Gasteiger partial charge in [0.25, 0.3) is 0 Å². The van der Waals surface area contributed by atoms with Gasteiger partial charge in [-0.25, -0.2) is 0 Å². The second-order valence-corrected chi connectivity index (χ2v) is 5.54. The molecule has 0 saturated carbocycles. The highest BCUT2D eigenvalue weighted by molar-refractivity contribution is 6.33. The molecule has 1 aliphatic rings. The van der Waals surface area contributed by atoms with Crippen LogP contribution in [0.4, 0.5) is 11.4 Å². The van der Waals surface area contributed by atoms with Gasteiger partial charge in [0.15, 0.2) is 0 Å². The third kappa shape index (κ3) is 3.62. The predicted molar refractivity (Wildman–Crippen MR) is 80.9 cm³/mol. The Morgan fingerprint density at radius 3 is 3.00 bits per heavy atom. The molecule has 0 aliphatic carbocycles. The smallest absolute Gasteiger partial charge is 0.238 e. The quantitative estimate of drug-likeness (QED) is 0.834.